The van der Waals surface area contributed by atoms with Crippen LogP contribution in [0.2, 0.25) is 0 Å². The lowest BCUT2D eigenvalue weighted by Gasteiger charge is -2.31. The van der Waals surface area contributed by atoms with Gasteiger partial charge in [0.1, 0.15) is 17.4 Å². The summed E-state index contributed by atoms with van der Waals surface area (Å²) >= 11 is 1.53. The summed E-state index contributed by atoms with van der Waals surface area (Å²) in [5.41, 5.74) is 2.02. The summed E-state index contributed by atoms with van der Waals surface area (Å²) in [7, 11) is 0. The number of morpholine rings is 1. The van der Waals surface area contributed by atoms with E-state index in [1.165, 1.54) is 16.9 Å². The Bertz CT molecular complexity index is 684. The summed E-state index contributed by atoms with van der Waals surface area (Å²) in [6.07, 6.45) is 0.449. The summed E-state index contributed by atoms with van der Waals surface area (Å²) < 4.78 is 11.2. The Hall–Kier alpha value is -1.92. The van der Waals surface area contributed by atoms with Gasteiger partial charge in [-0.3, -0.25) is 4.79 Å². The molecule has 6 heteroatoms. The van der Waals surface area contributed by atoms with Crippen LogP contribution in [-0.4, -0.2) is 41.6 Å². The van der Waals surface area contributed by atoms with Crippen LogP contribution >= 0.6 is 11.3 Å². The minimum Gasteiger partial charge on any atom is -0.486 e. The summed E-state index contributed by atoms with van der Waals surface area (Å²) in [6, 6.07) is 7.94. The molecule has 1 unspecified atom stereocenters. The number of aryl methyl sites for hydroxylation is 1. The second-order valence-corrected chi connectivity index (χ2v) is 6.97. The summed E-state index contributed by atoms with van der Waals surface area (Å²) in [5.74, 6) is 0.942. The molecule has 0 aliphatic carbocycles. The normalized spacial score (nSPS) is 17.8. The molecule has 3 rings (SSSR count). The predicted molar refractivity (Wildman–Crippen MR) is 93.3 cm³/mol. The van der Waals surface area contributed by atoms with Gasteiger partial charge in [-0.1, -0.05) is 17.7 Å². The van der Waals surface area contributed by atoms with Crippen molar-refractivity contribution < 1.29 is 14.3 Å². The maximum atomic E-state index is 12.3. The number of rotatable bonds is 5. The lowest BCUT2D eigenvalue weighted by atomic mass is 10.2. The van der Waals surface area contributed by atoms with E-state index in [9.17, 15) is 4.79 Å². The van der Waals surface area contributed by atoms with Gasteiger partial charge in [-0.25, -0.2) is 4.98 Å². The average Bonchev–Trinajstić information content (AvgIpc) is 3.02. The highest BCUT2D eigenvalue weighted by Crippen LogP contribution is 2.17. The summed E-state index contributed by atoms with van der Waals surface area (Å²) in [6.45, 7) is 6.39. The first-order valence-corrected chi connectivity index (χ1v) is 9.00. The number of nitrogens with zero attached hydrogens (tertiary/aromatic N) is 2. The second-order valence-electron chi connectivity index (χ2n) is 6.03. The SMILES string of the molecule is Cc1ccc(OCc2nc(CC(=O)N3CCOC(C)C3)cs2)cc1. The molecule has 1 aromatic carbocycles. The van der Waals surface area contributed by atoms with Gasteiger partial charge in [-0.05, 0) is 26.0 Å². The smallest absolute Gasteiger partial charge is 0.228 e. The van der Waals surface area contributed by atoms with E-state index in [0.717, 1.165) is 16.5 Å². The van der Waals surface area contributed by atoms with E-state index in [4.69, 9.17) is 9.47 Å². The van der Waals surface area contributed by atoms with Crippen LogP contribution in [0, 0.1) is 6.92 Å². The second kappa shape index (κ2) is 7.77. The third kappa shape index (κ3) is 4.55. The first kappa shape index (κ1) is 16.9. The van der Waals surface area contributed by atoms with Crippen LogP contribution in [0.15, 0.2) is 29.6 Å². The first-order valence-electron chi connectivity index (χ1n) is 8.12. The Morgan fingerprint density at radius 1 is 1.42 bits per heavy atom. The molecule has 24 heavy (non-hydrogen) atoms. The van der Waals surface area contributed by atoms with Crippen molar-refractivity contribution >= 4 is 17.2 Å². The summed E-state index contributed by atoms with van der Waals surface area (Å²) in [5, 5.41) is 2.82. The molecule has 1 aromatic heterocycles. The van der Waals surface area contributed by atoms with E-state index >= 15 is 0 Å². The van der Waals surface area contributed by atoms with Crippen molar-refractivity contribution in [2.24, 2.45) is 0 Å². The van der Waals surface area contributed by atoms with Crippen molar-refractivity contribution in [1.82, 2.24) is 9.88 Å². The number of hydrogen-bond donors (Lipinski definition) is 0. The van der Waals surface area contributed by atoms with Gasteiger partial charge in [-0.2, -0.15) is 0 Å². The van der Waals surface area contributed by atoms with Crippen LogP contribution in [0.3, 0.4) is 0 Å². The largest absolute Gasteiger partial charge is 0.486 e. The van der Waals surface area contributed by atoms with Crippen molar-refractivity contribution in [3.05, 3.63) is 45.9 Å². The lowest BCUT2D eigenvalue weighted by molar-refractivity contribution is -0.137. The molecule has 0 saturated carbocycles. The van der Waals surface area contributed by atoms with Gasteiger partial charge in [0, 0.05) is 18.5 Å². The number of carbonyl (C=O) groups is 1. The molecule has 0 radical (unpaired) electrons. The van der Waals surface area contributed by atoms with E-state index in [0.29, 0.717) is 32.7 Å². The number of benzene rings is 1. The maximum Gasteiger partial charge on any atom is 0.228 e. The predicted octanol–water partition coefficient (Wildman–Crippen LogP) is 2.82. The molecular weight excluding hydrogens is 324 g/mol. The van der Waals surface area contributed by atoms with Crippen LogP contribution in [0.5, 0.6) is 5.75 Å². The minimum atomic E-state index is 0.108. The van der Waals surface area contributed by atoms with Gasteiger partial charge < -0.3 is 14.4 Å². The number of hydrogen-bond acceptors (Lipinski definition) is 5. The van der Waals surface area contributed by atoms with Crippen molar-refractivity contribution in [3.63, 3.8) is 0 Å². The van der Waals surface area contributed by atoms with Crippen LogP contribution in [0.1, 0.15) is 23.2 Å². The van der Waals surface area contributed by atoms with Crippen LogP contribution < -0.4 is 4.74 Å². The maximum absolute atomic E-state index is 12.3. The standard InChI is InChI=1S/C18H22N2O3S/c1-13-3-5-16(6-4-13)23-11-17-19-15(12-24-17)9-18(21)20-7-8-22-14(2)10-20/h3-6,12,14H,7-11H2,1-2H3. The van der Waals surface area contributed by atoms with Crippen molar-refractivity contribution in [1.29, 1.82) is 0 Å². The number of carbonyl (C=O) groups excluding carboxylic acids is 1. The van der Waals surface area contributed by atoms with E-state index in [-0.39, 0.29) is 12.0 Å². The van der Waals surface area contributed by atoms with E-state index in [1.807, 2.05) is 48.4 Å². The van der Waals surface area contributed by atoms with Gasteiger partial charge in [0.05, 0.1) is 24.8 Å². The molecule has 2 aromatic rings. The number of aromatic nitrogens is 1. The molecule has 1 aliphatic rings. The molecule has 1 aliphatic heterocycles. The number of thiazole rings is 1. The Labute approximate surface area is 146 Å². The first-order chi connectivity index (χ1) is 11.6. The van der Waals surface area contributed by atoms with Gasteiger partial charge in [0.15, 0.2) is 0 Å². The molecule has 0 bridgehead atoms. The highest BCUT2D eigenvalue weighted by Gasteiger charge is 2.22. The Balaban J connectivity index is 1.51. The molecule has 128 valence electrons. The van der Waals surface area contributed by atoms with Crippen LogP contribution in [0.4, 0.5) is 0 Å². The average molecular weight is 346 g/mol. The van der Waals surface area contributed by atoms with E-state index in [1.54, 1.807) is 0 Å². The third-order valence-electron chi connectivity index (χ3n) is 3.91. The molecule has 1 amide bonds. The highest BCUT2D eigenvalue weighted by atomic mass is 32.1. The fourth-order valence-corrected chi connectivity index (χ4v) is 3.29. The van der Waals surface area contributed by atoms with Crippen molar-refractivity contribution in [3.8, 4) is 5.75 Å². The Kier molecular flexibility index (Phi) is 5.48. The fourth-order valence-electron chi connectivity index (χ4n) is 2.59. The zero-order chi connectivity index (χ0) is 16.9. The fraction of sp³-hybridized carbons (Fsp3) is 0.444. The number of amides is 1. The summed E-state index contributed by atoms with van der Waals surface area (Å²) in [4.78, 5) is 18.7. The van der Waals surface area contributed by atoms with Crippen molar-refractivity contribution in [2.45, 2.75) is 33.0 Å². The molecule has 1 saturated heterocycles. The lowest BCUT2D eigenvalue weighted by Crippen LogP contribution is -2.45. The monoisotopic (exact) mass is 346 g/mol. The van der Waals surface area contributed by atoms with E-state index < -0.39 is 0 Å². The zero-order valence-corrected chi connectivity index (χ0v) is 14.8. The third-order valence-corrected chi connectivity index (χ3v) is 4.78. The van der Waals surface area contributed by atoms with Gasteiger partial charge in [0.25, 0.3) is 0 Å². The molecule has 5 nitrogen and oxygen atoms in total. The van der Waals surface area contributed by atoms with Gasteiger partial charge in [0.2, 0.25) is 5.91 Å². The molecule has 1 fully saturated rings. The molecule has 0 N–H and O–H groups in total. The van der Waals surface area contributed by atoms with Crippen LogP contribution in [-0.2, 0) is 22.6 Å². The minimum absolute atomic E-state index is 0.108. The highest BCUT2D eigenvalue weighted by molar-refractivity contribution is 7.09. The van der Waals surface area contributed by atoms with Crippen LogP contribution in [0.25, 0.3) is 0 Å². The van der Waals surface area contributed by atoms with Crippen molar-refractivity contribution in [2.75, 3.05) is 19.7 Å². The van der Waals surface area contributed by atoms with E-state index in [2.05, 4.69) is 4.98 Å². The molecule has 2 heterocycles. The molecular formula is C18H22N2O3S. The number of ether oxygens (including phenoxy) is 2. The Morgan fingerprint density at radius 3 is 2.96 bits per heavy atom. The topological polar surface area (TPSA) is 51.7 Å². The quantitative estimate of drug-likeness (QED) is 0.835. The van der Waals surface area contributed by atoms with Gasteiger partial charge >= 0.3 is 0 Å². The Morgan fingerprint density at radius 2 is 2.21 bits per heavy atom. The zero-order valence-electron chi connectivity index (χ0n) is 14.0. The van der Waals surface area contributed by atoms with Gasteiger partial charge in [-0.15, -0.1) is 11.3 Å². The molecule has 0 spiro atoms. The molecule has 1 atom stereocenters.